The summed E-state index contributed by atoms with van der Waals surface area (Å²) in [5.41, 5.74) is 1.31. The molecule has 0 N–H and O–H groups in total. The Balaban J connectivity index is 0.000000461. The highest BCUT2D eigenvalue weighted by atomic mass is 32.1. The number of rotatable bonds is 0. The number of hydrogen-bond acceptors (Lipinski definition) is 1. The zero-order chi connectivity index (χ0) is 10.6. The maximum absolute atomic E-state index is 4.40. The quantitative estimate of drug-likeness (QED) is 0.602. The van der Waals surface area contributed by atoms with Crippen molar-refractivity contribution in [1.29, 1.82) is 0 Å². The van der Waals surface area contributed by atoms with Gasteiger partial charge < -0.3 is 0 Å². The molecule has 0 aliphatic heterocycles. The molecule has 0 unspecified atom stereocenters. The predicted molar refractivity (Wildman–Crippen MR) is 67.3 cm³/mol. The van der Waals surface area contributed by atoms with Gasteiger partial charge in [0.1, 0.15) is 0 Å². The van der Waals surface area contributed by atoms with Gasteiger partial charge in [0.25, 0.3) is 0 Å². The first-order valence-corrected chi connectivity index (χ1v) is 5.41. The van der Waals surface area contributed by atoms with Crippen LogP contribution in [0.3, 0.4) is 0 Å². The molecule has 74 valence electrons. The van der Waals surface area contributed by atoms with Crippen LogP contribution in [0, 0.1) is 6.92 Å². The summed E-state index contributed by atoms with van der Waals surface area (Å²) in [5.74, 6) is 0. The number of fused-ring (bicyclic) bond motifs is 1. The molecule has 0 aromatic heterocycles. The van der Waals surface area contributed by atoms with Gasteiger partial charge in [0.15, 0.2) is 0 Å². The van der Waals surface area contributed by atoms with E-state index in [9.17, 15) is 0 Å². The molecule has 0 spiro atoms. The highest BCUT2D eigenvalue weighted by molar-refractivity contribution is 7.80. The molecule has 0 bridgehead atoms. The lowest BCUT2D eigenvalue weighted by molar-refractivity contribution is 1.49. The highest BCUT2D eigenvalue weighted by Gasteiger charge is 1.97. The van der Waals surface area contributed by atoms with E-state index >= 15 is 0 Å². The van der Waals surface area contributed by atoms with Crippen molar-refractivity contribution in [3.8, 4) is 0 Å². The molecule has 0 fully saturated rings. The largest absolute Gasteiger partial charge is 0.143 e. The second kappa shape index (κ2) is 5.06. The summed E-state index contributed by atoms with van der Waals surface area (Å²) in [5, 5.41) is 2.53. The maximum Gasteiger partial charge on any atom is 0.0119 e. The van der Waals surface area contributed by atoms with Crippen LogP contribution in [0.15, 0.2) is 41.3 Å². The minimum atomic E-state index is 1.05. The van der Waals surface area contributed by atoms with E-state index < -0.39 is 0 Å². The van der Waals surface area contributed by atoms with Gasteiger partial charge in [-0.2, -0.15) is 0 Å². The van der Waals surface area contributed by atoms with Crippen molar-refractivity contribution in [3.63, 3.8) is 0 Å². The molecule has 0 saturated carbocycles. The zero-order valence-corrected chi connectivity index (χ0v) is 9.81. The first-order chi connectivity index (χ1) is 6.79. The standard InChI is InChI=1S/C11H10S.C2H6/c1-8-4-2-6-10-9(8)5-3-7-11(10)12;1-2/h2-7,12H,1H3;1-2H3. The first-order valence-electron chi connectivity index (χ1n) is 4.96. The van der Waals surface area contributed by atoms with Crippen molar-refractivity contribution in [1.82, 2.24) is 0 Å². The molecule has 0 radical (unpaired) electrons. The number of thiol groups is 1. The fourth-order valence-corrected chi connectivity index (χ4v) is 1.73. The van der Waals surface area contributed by atoms with Crippen molar-refractivity contribution in [2.75, 3.05) is 0 Å². The third-order valence-electron chi connectivity index (χ3n) is 2.12. The van der Waals surface area contributed by atoms with Crippen LogP contribution in [0.2, 0.25) is 0 Å². The fraction of sp³-hybridized carbons (Fsp3) is 0.231. The Kier molecular flexibility index (Phi) is 4.02. The van der Waals surface area contributed by atoms with E-state index in [1.165, 1.54) is 16.3 Å². The Labute approximate surface area is 91.4 Å². The van der Waals surface area contributed by atoms with Gasteiger partial charge in [-0.25, -0.2) is 0 Å². The Bertz CT molecular complexity index is 377. The molecule has 0 amide bonds. The summed E-state index contributed by atoms with van der Waals surface area (Å²) >= 11 is 4.40. The molecular formula is C13H16S. The molecule has 0 atom stereocenters. The summed E-state index contributed by atoms with van der Waals surface area (Å²) < 4.78 is 0. The van der Waals surface area contributed by atoms with Gasteiger partial charge in [-0.3, -0.25) is 0 Å². The van der Waals surface area contributed by atoms with Gasteiger partial charge in [-0.05, 0) is 29.3 Å². The molecule has 0 aliphatic rings. The molecule has 0 heterocycles. The summed E-state index contributed by atoms with van der Waals surface area (Å²) in [4.78, 5) is 1.05. The van der Waals surface area contributed by atoms with E-state index in [0.29, 0.717) is 0 Å². The Morgan fingerprint density at radius 2 is 1.43 bits per heavy atom. The number of benzene rings is 2. The Morgan fingerprint density at radius 3 is 2.07 bits per heavy atom. The smallest absolute Gasteiger partial charge is 0.0119 e. The van der Waals surface area contributed by atoms with E-state index in [4.69, 9.17) is 0 Å². The third-order valence-corrected chi connectivity index (χ3v) is 2.51. The van der Waals surface area contributed by atoms with E-state index in [1.807, 2.05) is 26.0 Å². The van der Waals surface area contributed by atoms with E-state index in [-0.39, 0.29) is 0 Å². The van der Waals surface area contributed by atoms with Crippen LogP contribution in [0.5, 0.6) is 0 Å². The molecular weight excluding hydrogens is 188 g/mol. The van der Waals surface area contributed by atoms with E-state index in [1.54, 1.807) is 0 Å². The average molecular weight is 204 g/mol. The maximum atomic E-state index is 4.40. The first kappa shape index (κ1) is 11.1. The van der Waals surface area contributed by atoms with Crippen LogP contribution in [0.1, 0.15) is 19.4 Å². The molecule has 2 rings (SSSR count). The number of aryl methyl sites for hydroxylation is 1. The van der Waals surface area contributed by atoms with Gasteiger partial charge in [0, 0.05) is 4.90 Å². The van der Waals surface area contributed by atoms with Gasteiger partial charge in [-0.15, -0.1) is 12.6 Å². The predicted octanol–water partition coefficient (Wildman–Crippen LogP) is 4.46. The summed E-state index contributed by atoms with van der Waals surface area (Å²) in [6.07, 6.45) is 0. The van der Waals surface area contributed by atoms with Crippen molar-refractivity contribution >= 4 is 23.4 Å². The van der Waals surface area contributed by atoms with Gasteiger partial charge in [-0.1, -0.05) is 44.2 Å². The van der Waals surface area contributed by atoms with Gasteiger partial charge in [0.2, 0.25) is 0 Å². The summed E-state index contributed by atoms with van der Waals surface area (Å²) in [6, 6.07) is 12.5. The molecule has 0 nitrogen and oxygen atoms in total. The van der Waals surface area contributed by atoms with Gasteiger partial charge in [0.05, 0.1) is 0 Å². The van der Waals surface area contributed by atoms with E-state index in [0.717, 1.165) is 4.90 Å². The minimum Gasteiger partial charge on any atom is -0.143 e. The normalized spacial score (nSPS) is 9.43. The molecule has 2 aromatic carbocycles. The van der Waals surface area contributed by atoms with Crippen LogP contribution in [0.4, 0.5) is 0 Å². The highest BCUT2D eigenvalue weighted by Crippen LogP contribution is 2.23. The molecule has 0 aliphatic carbocycles. The fourth-order valence-electron chi connectivity index (χ4n) is 1.45. The Morgan fingerprint density at radius 1 is 0.857 bits per heavy atom. The number of hydrogen-bond donors (Lipinski definition) is 1. The molecule has 1 heteroatoms. The average Bonchev–Trinajstić information content (AvgIpc) is 2.23. The molecule has 0 saturated heterocycles. The second-order valence-electron chi connectivity index (χ2n) is 2.95. The van der Waals surface area contributed by atoms with Crippen molar-refractivity contribution in [2.45, 2.75) is 25.7 Å². The zero-order valence-electron chi connectivity index (χ0n) is 8.91. The lowest BCUT2D eigenvalue weighted by atomic mass is 10.1. The molecule has 14 heavy (non-hydrogen) atoms. The topological polar surface area (TPSA) is 0 Å². The Hall–Kier alpha value is -0.950. The van der Waals surface area contributed by atoms with Crippen molar-refractivity contribution < 1.29 is 0 Å². The SMILES string of the molecule is CC.Cc1cccc2c(S)cccc12. The second-order valence-corrected chi connectivity index (χ2v) is 3.43. The van der Waals surface area contributed by atoms with Gasteiger partial charge >= 0.3 is 0 Å². The van der Waals surface area contributed by atoms with Crippen molar-refractivity contribution in [2.24, 2.45) is 0 Å². The molecule has 2 aromatic rings. The van der Waals surface area contributed by atoms with Crippen LogP contribution in [-0.2, 0) is 0 Å². The van der Waals surface area contributed by atoms with E-state index in [2.05, 4.69) is 43.8 Å². The monoisotopic (exact) mass is 204 g/mol. The summed E-state index contributed by atoms with van der Waals surface area (Å²) in [6.45, 7) is 6.12. The lowest BCUT2D eigenvalue weighted by Crippen LogP contribution is -1.78. The minimum absolute atomic E-state index is 1.05. The summed E-state index contributed by atoms with van der Waals surface area (Å²) in [7, 11) is 0. The van der Waals surface area contributed by atoms with Crippen LogP contribution in [-0.4, -0.2) is 0 Å². The van der Waals surface area contributed by atoms with Crippen LogP contribution in [0.25, 0.3) is 10.8 Å². The van der Waals surface area contributed by atoms with Crippen LogP contribution < -0.4 is 0 Å². The van der Waals surface area contributed by atoms with Crippen molar-refractivity contribution in [3.05, 3.63) is 42.0 Å². The van der Waals surface area contributed by atoms with Crippen LogP contribution >= 0.6 is 12.6 Å². The third kappa shape index (κ3) is 2.10. The lowest BCUT2D eigenvalue weighted by Gasteiger charge is -2.02.